The van der Waals surface area contributed by atoms with E-state index in [-0.39, 0.29) is 106 Å². The Hall–Kier alpha value is -12.0. The first-order valence-electron chi connectivity index (χ1n) is 27.6. The molecule has 0 fully saturated rings. The van der Waals surface area contributed by atoms with Gasteiger partial charge < -0.3 is 62.5 Å². The minimum Gasteiger partial charge on any atom is -0.505 e. The van der Waals surface area contributed by atoms with Crippen molar-refractivity contribution in [2.24, 2.45) is 0 Å². The molecule has 0 saturated carbocycles. The fourth-order valence-corrected chi connectivity index (χ4v) is 8.53. The number of halogens is 6. The summed E-state index contributed by atoms with van der Waals surface area (Å²) in [6.45, 7) is 5.82. The van der Waals surface area contributed by atoms with E-state index in [0.717, 1.165) is 63.6 Å². The number of methoxy groups -OCH3 is 3. The molecule has 6 aromatic carbocycles. The summed E-state index contributed by atoms with van der Waals surface area (Å²) in [6.07, 6.45) is 0. The van der Waals surface area contributed by atoms with Crippen LogP contribution in [0, 0.1) is 34.9 Å². The molecule has 510 valence electrons. The number of hydrogen-bond donors (Lipinski definition) is 2. The highest BCUT2D eigenvalue weighted by atomic mass is 19.2. The maximum Gasteiger partial charge on any atom is 0.360 e. The van der Waals surface area contributed by atoms with Crippen molar-refractivity contribution in [3.8, 4) is 51.7 Å². The molecule has 30 heteroatoms. The molecule has 0 radical (unpaired) electrons. The van der Waals surface area contributed by atoms with Gasteiger partial charge in [-0.2, -0.15) is 0 Å². The molecule has 0 aliphatic rings. The zero-order valence-corrected chi connectivity index (χ0v) is 52.3. The fraction of sp³-hybridized carbons (Fsp3) is 0.209. The number of pyridine rings is 3. The van der Waals surface area contributed by atoms with Crippen LogP contribution in [0.2, 0.25) is 0 Å². The number of aromatic hydroxyl groups is 2. The molecule has 0 aliphatic carbocycles. The minimum absolute atomic E-state index is 0. The van der Waals surface area contributed by atoms with Crippen molar-refractivity contribution in [2.75, 3.05) is 35.4 Å². The Morgan fingerprint density at radius 2 is 0.701 bits per heavy atom. The van der Waals surface area contributed by atoms with Gasteiger partial charge in [0.1, 0.15) is 82.6 Å². The van der Waals surface area contributed by atoms with Gasteiger partial charge in [0.2, 0.25) is 0 Å². The predicted molar refractivity (Wildman–Crippen MR) is 331 cm³/mol. The third-order valence-electron chi connectivity index (χ3n) is 12.2. The number of ether oxygens (including phenoxy) is 10. The summed E-state index contributed by atoms with van der Waals surface area (Å²) in [5.41, 5.74) is 0.0244. The Morgan fingerprint density at radius 3 is 1.01 bits per heavy atom. The molecule has 0 spiro atoms. The van der Waals surface area contributed by atoms with Crippen LogP contribution >= 0.6 is 0 Å². The lowest BCUT2D eigenvalue weighted by Gasteiger charge is -2.15. The first-order valence-corrected chi connectivity index (χ1v) is 27.6. The number of hydrogen-bond acceptors (Lipinski definition) is 24. The summed E-state index contributed by atoms with van der Waals surface area (Å²) >= 11 is 0. The van der Waals surface area contributed by atoms with E-state index >= 15 is 0 Å². The average Bonchev–Trinajstić information content (AvgIpc) is 0.788. The molecule has 0 aliphatic heterocycles. The largest absolute Gasteiger partial charge is 0.505 e. The molecule has 3 heterocycles. The Morgan fingerprint density at radius 1 is 0.392 bits per heavy atom. The van der Waals surface area contributed by atoms with Gasteiger partial charge in [-0.1, -0.05) is 7.43 Å². The van der Waals surface area contributed by atoms with Gasteiger partial charge >= 0.3 is 47.8 Å². The third kappa shape index (κ3) is 21.3. The van der Waals surface area contributed by atoms with Crippen molar-refractivity contribution in [1.82, 2.24) is 19.9 Å². The summed E-state index contributed by atoms with van der Waals surface area (Å²) < 4.78 is 130. The van der Waals surface area contributed by atoms with E-state index in [9.17, 15) is 74.9 Å². The van der Waals surface area contributed by atoms with Gasteiger partial charge in [-0.3, -0.25) is 24.0 Å². The Kier molecular flexibility index (Phi) is 26.8. The first-order chi connectivity index (χ1) is 45.4. The summed E-state index contributed by atoms with van der Waals surface area (Å²) in [6, 6.07) is 21.6. The highest BCUT2D eigenvalue weighted by molar-refractivity contribution is 6.03. The van der Waals surface area contributed by atoms with Gasteiger partial charge in [0, 0.05) is 128 Å². The summed E-state index contributed by atoms with van der Waals surface area (Å²) in [5.74, 6) is -11.2. The van der Waals surface area contributed by atoms with Crippen molar-refractivity contribution in [3.05, 3.63) is 178 Å². The molecule has 0 bridgehead atoms. The second-order valence-electron chi connectivity index (χ2n) is 19.9. The second kappa shape index (κ2) is 34.3. The van der Waals surface area contributed by atoms with Crippen molar-refractivity contribution in [1.29, 1.82) is 0 Å². The van der Waals surface area contributed by atoms with E-state index in [1.54, 1.807) is 12.1 Å². The van der Waals surface area contributed by atoms with Crippen LogP contribution in [0.5, 0.6) is 51.7 Å². The maximum atomic E-state index is 13.5. The van der Waals surface area contributed by atoms with Gasteiger partial charge in [-0.25, -0.2) is 55.7 Å². The normalized spacial score (nSPS) is 10.4. The molecule has 9 aromatic rings. The standard InChI is InChI=1S/C22H17F2NO7.C20H18F2N2O4.C20H15F2NO6.C4H6O3.CH4/c1-11(26)30-10-19-17-5-4-15(32-16-7-13(23)6-14(24)8-16)9-18(17)21(31-12(2)27)20(25-19)22(28)29-3;1-24(2)10-17-15-5-4-13(28-14-7-11(21)6-12(22)8-14)9-16(15)19(25)18(23-17)20(26)27-3;1-10(24)28-9-17-15-4-3-13(29-14-6-11(21)5-12(22)7-14)8-16(15)19(25)18(23-17)20(26)27-2;1-3(5)7-4(2)6;/h4-9H,10H2,1-3H3;4-9,25H,10H2,1-3H3;3-8,25H,9H2,1-2H3;1-2H3;1H4. The lowest BCUT2D eigenvalue weighted by molar-refractivity contribution is -0.156. The number of carbonyl (C=O) groups excluding carboxylic acids is 8. The molecule has 24 nitrogen and oxygen atoms in total. The predicted octanol–water partition coefficient (Wildman–Crippen LogP) is 12.5. The van der Waals surface area contributed by atoms with Gasteiger partial charge in [-0.15, -0.1) is 0 Å². The fourth-order valence-electron chi connectivity index (χ4n) is 8.53. The van der Waals surface area contributed by atoms with E-state index in [2.05, 4.69) is 29.2 Å². The Bertz CT molecular complexity index is 4420. The van der Waals surface area contributed by atoms with Crippen molar-refractivity contribution in [2.45, 2.75) is 61.8 Å². The maximum absolute atomic E-state index is 13.5. The van der Waals surface area contributed by atoms with Gasteiger partial charge in [0.05, 0.1) is 38.4 Å². The van der Waals surface area contributed by atoms with E-state index in [0.29, 0.717) is 45.9 Å². The number of rotatable bonds is 16. The highest BCUT2D eigenvalue weighted by Gasteiger charge is 2.26. The zero-order valence-electron chi connectivity index (χ0n) is 52.3. The van der Waals surface area contributed by atoms with Crippen LogP contribution in [-0.2, 0) is 72.2 Å². The van der Waals surface area contributed by atoms with Gasteiger partial charge in [-0.05, 0) is 68.7 Å². The smallest absolute Gasteiger partial charge is 0.360 e. The highest BCUT2D eigenvalue weighted by Crippen LogP contribution is 2.39. The third-order valence-corrected chi connectivity index (χ3v) is 12.2. The summed E-state index contributed by atoms with van der Waals surface area (Å²) in [5, 5.41) is 23.1. The van der Waals surface area contributed by atoms with Crippen molar-refractivity contribution >= 4 is 80.1 Å². The first kappa shape index (κ1) is 75.8. The van der Waals surface area contributed by atoms with Crippen LogP contribution in [-0.4, -0.2) is 113 Å². The summed E-state index contributed by atoms with van der Waals surface area (Å²) in [4.78, 5) is 104. The van der Waals surface area contributed by atoms with Crippen LogP contribution in [0.4, 0.5) is 26.3 Å². The van der Waals surface area contributed by atoms with E-state index < -0.39 is 88.4 Å². The minimum atomic E-state index is -0.897. The molecule has 0 amide bonds. The number of fused-ring (bicyclic) bond motifs is 3. The number of aromatic nitrogens is 3. The summed E-state index contributed by atoms with van der Waals surface area (Å²) in [7, 11) is 7.12. The van der Waals surface area contributed by atoms with Crippen LogP contribution < -0.4 is 18.9 Å². The van der Waals surface area contributed by atoms with Gasteiger partial charge in [0.15, 0.2) is 34.3 Å². The molecule has 97 heavy (non-hydrogen) atoms. The number of esters is 8. The Labute approximate surface area is 547 Å². The average molecular weight is 1360 g/mol. The molecular weight excluding hydrogens is 1290 g/mol. The zero-order chi connectivity index (χ0) is 70.8. The van der Waals surface area contributed by atoms with E-state index in [1.165, 1.54) is 77.3 Å². The van der Waals surface area contributed by atoms with Crippen LogP contribution in [0.1, 0.15) is 90.6 Å². The number of benzene rings is 6. The van der Waals surface area contributed by atoms with Crippen molar-refractivity contribution < 1.29 is 122 Å². The second-order valence-corrected chi connectivity index (χ2v) is 19.9. The van der Waals surface area contributed by atoms with Crippen LogP contribution in [0.15, 0.2) is 109 Å². The van der Waals surface area contributed by atoms with Gasteiger partial charge in [0.25, 0.3) is 0 Å². The van der Waals surface area contributed by atoms with Crippen molar-refractivity contribution in [3.63, 3.8) is 0 Å². The molecule has 3 aromatic heterocycles. The van der Waals surface area contributed by atoms with E-state index in [1.807, 2.05) is 19.0 Å². The molecular formula is C67H60F6N4O20. The molecule has 9 rings (SSSR count). The SMILES string of the molecule is C.CC(=O)OC(C)=O.COC(=O)c1nc(CN(C)C)c2ccc(Oc3cc(F)cc(F)c3)cc2c1O.COC(=O)c1nc(COC(C)=O)c2ccc(Oc3cc(F)cc(F)c3)cc2c1O.COC(=O)c1nc(COC(C)=O)c2ccc(Oc3cc(F)cc(F)c3)cc2c1OC(C)=O. The quantitative estimate of drug-likeness (QED) is 0.0393. The molecule has 0 unspecified atom stereocenters. The molecule has 2 N–H and O–H groups in total. The van der Waals surface area contributed by atoms with Crippen LogP contribution in [0.3, 0.4) is 0 Å². The monoisotopic (exact) mass is 1350 g/mol. The lowest BCUT2D eigenvalue weighted by atomic mass is 10.1. The van der Waals surface area contributed by atoms with Crippen LogP contribution in [0.25, 0.3) is 32.3 Å². The molecule has 0 atom stereocenters. The molecule has 0 saturated heterocycles. The topological polar surface area (TPSA) is 311 Å². The number of carbonyl (C=O) groups is 8. The van der Waals surface area contributed by atoms with E-state index in [4.69, 9.17) is 33.2 Å². The number of nitrogens with zero attached hydrogens (tertiary/aromatic N) is 4. The lowest BCUT2D eigenvalue weighted by Crippen LogP contribution is -2.15. The Balaban J connectivity index is 0.000000249.